The summed E-state index contributed by atoms with van der Waals surface area (Å²) >= 11 is 0. The van der Waals surface area contributed by atoms with Gasteiger partial charge in [-0.15, -0.1) is 0 Å². The van der Waals surface area contributed by atoms with Crippen molar-refractivity contribution in [2.24, 2.45) is 5.41 Å². The molecular weight excluding hydrogens is 230 g/mol. The molecule has 0 spiro atoms. The molecule has 0 heterocycles. The minimum Gasteiger partial charge on any atom is -0.444 e. The first-order chi connectivity index (χ1) is 8.22. The maximum absolute atomic E-state index is 11.7. The first-order valence-electron chi connectivity index (χ1n) is 6.91. The molecule has 0 aromatic heterocycles. The lowest BCUT2D eigenvalue weighted by atomic mass is 9.58. The van der Waals surface area contributed by atoms with Crippen molar-refractivity contribution in [1.82, 2.24) is 5.32 Å². The van der Waals surface area contributed by atoms with E-state index in [-0.39, 0.29) is 11.5 Å². The van der Waals surface area contributed by atoms with E-state index in [4.69, 9.17) is 4.74 Å². The van der Waals surface area contributed by atoms with Crippen LogP contribution in [0.1, 0.15) is 59.3 Å². The number of alkyl carbamates (subject to hydrolysis) is 1. The van der Waals surface area contributed by atoms with Crippen LogP contribution in [0.15, 0.2) is 0 Å². The van der Waals surface area contributed by atoms with Crippen molar-refractivity contribution in [2.45, 2.75) is 70.5 Å². The highest BCUT2D eigenvalue weighted by atomic mass is 16.6. The molecule has 0 radical (unpaired) electrons. The summed E-state index contributed by atoms with van der Waals surface area (Å²) in [6.07, 6.45) is 5.34. The summed E-state index contributed by atoms with van der Waals surface area (Å²) < 4.78 is 5.25. The van der Waals surface area contributed by atoms with Crippen LogP contribution in [0.2, 0.25) is 0 Å². The van der Waals surface area contributed by atoms with Crippen molar-refractivity contribution >= 4 is 6.09 Å². The van der Waals surface area contributed by atoms with Crippen molar-refractivity contribution < 1.29 is 14.6 Å². The predicted molar refractivity (Wildman–Crippen MR) is 69.3 cm³/mol. The van der Waals surface area contributed by atoms with Gasteiger partial charge in [0, 0.05) is 6.54 Å². The van der Waals surface area contributed by atoms with Crippen LogP contribution < -0.4 is 5.32 Å². The number of ether oxygens (including phenoxy) is 1. The van der Waals surface area contributed by atoms with Gasteiger partial charge in [-0.25, -0.2) is 4.79 Å². The van der Waals surface area contributed by atoms with Gasteiger partial charge in [0.25, 0.3) is 0 Å². The van der Waals surface area contributed by atoms with E-state index in [0.29, 0.717) is 6.54 Å². The molecule has 0 atom stereocenters. The van der Waals surface area contributed by atoms with E-state index >= 15 is 0 Å². The van der Waals surface area contributed by atoms with Gasteiger partial charge in [0.1, 0.15) is 5.60 Å². The molecule has 0 unspecified atom stereocenters. The van der Waals surface area contributed by atoms with Crippen LogP contribution in [-0.4, -0.2) is 28.9 Å². The highest BCUT2D eigenvalue weighted by Crippen LogP contribution is 2.51. The van der Waals surface area contributed by atoms with E-state index in [9.17, 15) is 9.90 Å². The molecule has 104 valence electrons. The van der Waals surface area contributed by atoms with Gasteiger partial charge in [0.05, 0.1) is 5.60 Å². The van der Waals surface area contributed by atoms with Crippen molar-refractivity contribution in [1.29, 1.82) is 0 Å². The van der Waals surface area contributed by atoms with E-state index in [1.165, 1.54) is 0 Å². The Kier molecular flexibility index (Phi) is 3.34. The highest BCUT2D eigenvalue weighted by molar-refractivity contribution is 5.67. The maximum atomic E-state index is 11.7. The summed E-state index contributed by atoms with van der Waals surface area (Å²) in [7, 11) is 0. The zero-order valence-electron chi connectivity index (χ0n) is 11.7. The van der Waals surface area contributed by atoms with Crippen molar-refractivity contribution in [3.8, 4) is 0 Å². The van der Waals surface area contributed by atoms with Gasteiger partial charge >= 0.3 is 6.09 Å². The van der Waals surface area contributed by atoms with Crippen LogP contribution >= 0.6 is 0 Å². The number of nitrogens with one attached hydrogen (secondary N) is 1. The lowest BCUT2D eigenvalue weighted by molar-refractivity contribution is -0.0906. The van der Waals surface area contributed by atoms with Crippen LogP contribution in [0.3, 0.4) is 0 Å². The number of rotatable bonds is 2. The number of carbonyl (C=O) groups excluding carboxylic acids is 1. The van der Waals surface area contributed by atoms with Crippen LogP contribution in [0.25, 0.3) is 0 Å². The van der Waals surface area contributed by atoms with Gasteiger partial charge in [0.2, 0.25) is 0 Å². The largest absolute Gasteiger partial charge is 0.444 e. The molecule has 0 aliphatic heterocycles. The fourth-order valence-corrected chi connectivity index (χ4v) is 3.08. The molecule has 2 N–H and O–H groups in total. The van der Waals surface area contributed by atoms with E-state index in [1.54, 1.807) is 0 Å². The lowest BCUT2D eigenvalue weighted by Gasteiger charge is -2.51. The molecule has 4 heteroatoms. The third-order valence-corrected chi connectivity index (χ3v) is 4.37. The molecule has 4 nitrogen and oxygen atoms in total. The second-order valence-electron chi connectivity index (χ2n) is 7.08. The molecule has 3 saturated carbocycles. The average Bonchev–Trinajstić information content (AvgIpc) is 2.26. The minimum atomic E-state index is -0.443. The summed E-state index contributed by atoms with van der Waals surface area (Å²) in [6, 6.07) is 0. The summed E-state index contributed by atoms with van der Waals surface area (Å²) in [4.78, 5) is 11.7. The molecule has 2 bridgehead atoms. The first-order valence-corrected chi connectivity index (χ1v) is 6.91. The third kappa shape index (κ3) is 3.16. The number of carbonyl (C=O) groups is 1. The minimum absolute atomic E-state index is 0.196. The number of hydrogen-bond acceptors (Lipinski definition) is 3. The molecule has 0 aromatic rings. The van der Waals surface area contributed by atoms with Gasteiger partial charge in [-0.3, -0.25) is 0 Å². The fraction of sp³-hybridized carbons (Fsp3) is 0.929. The second-order valence-corrected chi connectivity index (χ2v) is 7.08. The smallest absolute Gasteiger partial charge is 0.407 e. The van der Waals surface area contributed by atoms with Crippen LogP contribution in [0, 0.1) is 5.41 Å². The van der Waals surface area contributed by atoms with Crippen LogP contribution in [0.5, 0.6) is 0 Å². The van der Waals surface area contributed by atoms with Crippen LogP contribution in [-0.2, 0) is 4.74 Å². The third-order valence-electron chi connectivity index (χ3n) is 4.37. The quantitative estimate of drug-likeness (QED) is 0.797. The Morgan fingerprint density at radius 2 is 1.67 bits per heavy atom. The highest BCUT2D eigenvalue weighted by Gasteiger charge is 2.47. The molecular formula is C14H25NO3. The zero-order valence-corrected chi connectivity index (χ0v) is 11.7. The molecule has 1 amide bonds. The molecule has 3 rings (SSSR count). The molecule has 0 saturated heterocycles. The zero-order chi connectivity index (χ0) is 13.4. The van der Waals surface area contributed by atoms with E-state index in [0.717, 1.165) is 38.5 Å². The first kappa shape index (κ1) is 13.7. The second kappa shape index (κ2) is 4.41. The number of hydrogen-bond donors (Lipinski definition) is 2. The topological polar surface area (TPSA) is 58.6 Å². The summed E-state index contributed by atoms with van der Waals surface area (Å²) in [5, 5.41) is 13.0. The Morgan fingerprint density at radius 3 is 2.11 bits per heavy atom. The molecule has 3 fully saturated rings. The standard InChI is InChI=1S/C14H25NO3/c1-12(2,3)18-11(16)15-10-13-4-7-14(17,8-5-13)9-6-13/h17H,4-10H2,1-3H3,(H,15,16). The number of fused-ring (bicyclic) bond motifs is 3. The predicted octanol–water partition coefficient (Wildman–Crippen LogP) is 2.60. The Hall–Kier alpha value is -0.770. The van der Waals surface area contributed by atoms with Crippen molar-refractivity contribution in [3.05, 3.63) is 0 Å². The van der Waals surface area contributed by atoms with Gasteiger partial charge in [-0.1, -0.05) is 0 Å². The van der Waals surface area contributed by atoms with E-state index in [1.807, 2.05) is 20.8 Å². The number of amides is 1. The molecule has 0 aromatic carbocycles. The van der Waals surface area contributed by atoms with Gasteiger partial charge < -0.3 is 15.2 Å². The Morgan fingerprint density at radius 1 is 1.17 bits per heavy atom. The normalized spacial score (nSPS) is 35.3. The molecule has 3 aliphatic carbocycles. The average molecular weight is 255 g/mol. The van der Waals surface area contributed by atoms with E-state index < -0.39 is 11.2 Å². The lowest BCUT2D eigenvalue weighted by Crippen LogP contribution is -2.50. The fourth-order valence-electron chi connectivity index (χ4n) is 3.08. The van der Waals surface area contributed by atoms with Gasteiger partial charge in [0.15, 0.2) is 0 Å². The Balaban J connectivity index is 1.82. The summed E-state index contributed by atoms with van der Waals surface area (Å²) in [5.74, 6) is 0. The maximum Gasteiger partial charge on any atom is 0.407 e. The van der Waals surface area contributed by atoms with Crippen molar-refractivity contribution in [3.63, 3.8) is 0 Å². The summed E-state index contributed by atoms with van der Waals surface area (Å²) in [6.45, 7) is 6.28. The SMILES string of the molecule is CC(C)(C)OC(=O)NCC12CCC(O)(CC1)CC2. The summed E-state index contributed by atoms with van der Waals surface area (Å²) in [5.41, 5.74) is -0.657. The Bertz CT molecular complexity index is 308. The van der Waals surface area contributed by atoms with E-state index in [2.05, 4.69) is 5.32 Å². The van der Waals surface area contributed by atoms with Crippen molar-refractivity contribution in [2.75, 3.05) is 6.54 Å². The monoisotopic (exact) mass is 255 g/mol. The van der Waals surface area contributed by atoms with Gasteiger partial charge in [-0.05, 0) is 64.7 Å². The number of aliphatic hydroxyl groups is 1. The Labute approximate surface area is 109 Å². The molecule has 18 heavy (non-hydrogen) atoms. The van der Waals surface area contributed by atoms with Crippen LogP contribution in [0.4, 0.5) is 4.79 Å². The van der Waals surface area contributed by atoms with Gasteiger partial charge in [-0.2, -0.15) is 0 Å². The molecule has 3 aliphatic rings.